The third-order valence-electron chi connectivity index (χ3n) is 5.88. The fraction of sp³-hybridized carbons (Fsp3) is 0.133. The Morgan fingerprint density at radius 3 is 1.51 bits per heavy atom. The van der Waals surface area contributed by atoms with E-state index >= 15 is 0 Å². The molecule has 0 spiro atoms. The van der Waals surface area contributed by atoms with Crippen LogP contribution in [-0.2, 0) is 13.1 Å². The van der Waals surface area contributed by atoms with E-state index in [0.29, 0.717) is 47.0 Å². The van der Waals surface area contributed by atoms with E-state index in [1.54, 1.807) is 5.01 Å². The summed E-state index contributed by atoms with van der Waals surface area (Å²) in [5.74, 6) is 0.928. The van der Waals surface area contributed by atoms with Crippen LogP contribution in [0.15, 0.2) is 117 Å². The number of hydrogen-bond acceptors (Lipinski definition) is 4. The van der Waals surface area contributed by atoms with Gasteiger partial charge in [-0.3, -0.25) is 9.98 Å². The topological polar surface area (TPSA) is 105 Å². The smallest absolute Gasteiger partial charge is 0.125 e. The van der Waals surface area contributed by atoms with Crippen LogP contribution in [0.25, 0.3) is 0 Å². The van der Waals surface area contributed by atoms with Crippen molar-refractivity contribution in [2.24, 2.45) is 31.8 Å². The van der Waals surface area contributed by atoms with Gasteiger partial charge in [-0.1, -0.05) is 52.7 Å². The first-order valence-electron chi connectivity index (χ1n) is 12.4. The Balaban J connectivity index is 1.36. The number of hydrogen-bond donors (Lipinski definition) is 2. The summed E-state index contributed by atoms with van der Waals surface area (Å²) in [6, 6.07) is 30.3. The predicted molar refractivity (Wildman–Crippen MR) is 162 cm³/mol. The summed E-state index contributed by atoms with van der Waals surface area (Å²) in [6.07, 6.45) is 0. The van der Waals surface area contributed by atoms with Gasteiger partial charge >= 0.3 is 0 Å². The summed E-state index contributed by atoms with van der Waals surface area (Å²) in [4.78, 5) is 8.96. The Morgan fingerprint density at radius 1 is 0.641 bits per heavy atom. The highest BCUT2D eigenvalue weighted by atomic mass is 35.5. The zero-order chi connectivity index (χ0) is 27.6. The second-order valence-electron chi connectivity index (χ2n) is 8.65. The second kappa shape index (κ2) is 13.6. The molecular formula is C30H29Cl2N7. The maximum Gasteiger partial charge on any atom is 0.125 e. The Kier molecular flexibility index (Phi) is 9.67. The quantitative estimate of drug-likeness (QED) is 0.0922. The molecule has 0 aromatic heterocycles. The Hall–Kier alpha value is -4.20. The van der Waals surface area contributed by atoms with Crippen LogP contribution in [0.4, 0.5) is 11.4 Å². The van der Waals surface area contributed by atoms with Crippen molar-refractivity contribution in [2.75, 3.05) is 11.6 Å². The highest BCUT2D eigenvalue weighted by molar-refractivity contribution is 6.30. The number of anilines is 1. The largest absolute Gasteiger partial charge is 0.383 e. The number of aliphatic imine (C=N–C) groups is 2. The van der Waals surface area contributed by atoms with Crippen LogP contribution < -0.4 is 16.5 Å². The van der Waals surface area contributed by atoms with E-state index in [1.165, 1.54) is 0 Å². The van der Waals surface area contributed by atoms with Crippen molar-refractivity contribution in [3.05, 3.63) is 129 Å². The first-order valence-corrected chi connectivity index (χ1v) is 13.2. The maximum absolute atomic E-state index is 6.20. The number of halogens is 2. The minimum atomic E-state index is 0.458. The highest BCUT2D eigenvalue weighted by Gasteiger charge is 2.06. The molecule has 0 radical (unpaired) electrons. The van der Waals surface area contributed by atoms with Gasteiger partial charge in [0.15, 0.2) is 0 Å². The zero-order valence-corrected chi connectivity index (χ0v) is 23.0. The third-order valence-corrected chi connectivity index (χ3v) is 6.39. The molecule has 4 aromatic carbocycles. The summed E-state index contributed by atoms with van der Waals surface area (Å²) in [5, 5.41) is 12.0. The molecule has 0 aliphatic rings. The fourth-order valence-corrected chi connectivity index (χ4v) is 3.87. The lowest BCUT2D eigenvalue weighted by Gasteiger charge is -2.15. The molecule has 0 fully saturated rings. The Morgan fingerprint density at radius 2 is 1.08 bits per heavy atom. The van der Waals surface area contributed by atoms with Gasteiger partial charge < -0.3 is 11.5 Å². The molecule has 0 unspecified atom stereocenters. The summed E-state index contributed by atoms with van der Waals surface area (Å²) in [5.41, 5.74) is 17.7. The molecule has 198 valence electrons. The van der Waals surface area contributed by atoms with E-state index in [-0.39, 0.29) is 0 Å². The van der Waals surface area contributed by atoms with Crippen molar-refractivity contribution in [1.82, 2.24) is 0 Å². The Bertz CT molecular complexity index is 1450. The monoisotopic (exact) mass is 557 g/mol. The molecule has 9 heteroatoms. The van der Waals surface area contributed by atoms with Gasteiger partial charge in [0.25, 0.3) is 0 Å². The van der Waals surface area contributed by atoms with Gasteiger partial charge in [0.05, 0.1) is 24.5 Å². The van der Waals surface area contributed by atoms with Crippen LogP contribution in [0.2, 0.25) is 10.0 Å². The molecule has 7 nitrogen and oxygen atoms in total. The molecule has 0 aliphatic carbocycles. The van der Waals surface area contributed by atoms with Crippen molar-refractivity contribution in [1.29, 1.82) is 0 Å². The van der Waals surface area contributed by atoms with Gasteiger partial charge in [-0.25, -0.2) is 5.01 Å². The molecule has 0 aliphatic heterocycles. The van der Waals surface area contributed by atoms with Gasteiger partial charge in [-0.2, -0.15) is 0 Å². The average molecular weight is 559 g/mol. The number of amidine groups is 2. The molecule has 4 N–H and O–H groups in total. The maximum atomic E-state index is 6.20. The van der Waals surface area contributed by atoms with Crippen LogP contribution in [0.1, 0.15) is 29.2 Å². The van der Waals surface area contributed by atoms with Crippen molar-refractivity contribution < 1.29 is 0 Å². The van der Waals surface area contributed by atoms with Gasteiger partial charge in [0.1, 0.15) is 11.7 Å². The van der Waals surface area contributed by atoms with E-state index in [2.05, 4.69) is 20.3 Å². The van der Waals surface area contributed by atoms with Crippen LogP contribution in [0, 0.1) is 0 Å². The van der Waals surface area contributed by atoms with E-state index in [4.69, 9.17) is 34.7 Å². The van der Waals surface area contributed by atoms with E-state index in [1.807, 2.05) is 104 Å². The molecule has 0 heterocycles. The van der Waals surface area contributed by atoms with Gasteiger partial charge in [-0.05, 0) is 90.8 Å². The van der Waals surface area contributed by atoms with Crippen molar-refractivity contribution in [3.63, 3.8) is 0 Å². The molecule has 0 amide bonds. The van der Waals surface area contributed by atoms with E-state index in [9.17, 15) is 0 Å². The number of nitrogens with two attached hydrogens (primary N) is 2. The molecule has 0 atom stereocenters. The summed E-state index contributed by atoms with van der Waals surface area (Å²) < 4.78 is 0. The third kappa shape index (κ3) is 8.14. The number of rotatable bonds is 10. The van der Waals surface area contributed by atoms with Crippen LogP contribution in [0.3, 0.4) is 0 Å². The Labute approximate surface area is 238 Å². The van der Waals surface area contributed by atoms with Gasteiger partial charge in [0.2, 0.25) is 0 Å². The summed E-state index contributed by atoms with van der Waals surface area (Å²) in [7, 11) is 0. The van der Waals surface area contributed by atoms with Crippen LogP contribution in [0.5, 0.6) is 0 Å². The lowest BCUT2D eigenvalue weighted by atomic mass is 10.2. The minimum Gasteiger partial charge on any atom is -0.383 e. The van der Waals surface area contributed by atoms with Crippen LogP contribution in [-0.4, -0.2) is 18.2 Å². The van der Waals surface area contributed by atoms with E-state index < -0.39 is 0 Å². The molecule has 0 saturated carbocycles. The molecule has 0 saturated heterocycles. The second-order valence-corrected chi connectivity index (χ2v) is 9.53. The minimum absolute atomic E-state index is 0.458. The van der Waals surface area contributed by atoms with Crippen LogP contribution >= 0.6 is 23.2 Å². The predicted octanol–water partition coefficient (Wildman–Crippen LogP) is 7.33. The normalized spacial score (nSPS) is 12.2. The van der Waals surface area contributed by atoms with Crippen molar-refractivity contribution in [2.45, 2.75) is 20.0 Å². The zero-order valence-electron chi connectivity index (χ0n) is 21.5. The summed E-state index contributed by atoms with van der Waals surface area (Å²) >= 11 is 11.9. The molecule has 39 heavy (non-hydrogen) atoms. The van der Waals surface area contributed by atoms with Crippen molar-refractivity contribution >= 4 is 46.2 Å². The molecule has 4 aromatic rings. The SMILES string of the molecule is CCN(N=Nc1ccc(C(N)=NCc2ccc(Cl)cc2)cc1)c1ccc(C(N)=NCc2ccc(Cl)cc2)cc1. The van der Waals surface area contributed by atoms with E-state index in [0.717, 1.165) is 27.9 Å². The number of benzene rings is 4. The first-order chi connectivity index (χ1) is 18.9. The average Bonchev–Trinajstić information content (AvgIpc) is 2.97. The fourth-order valence-electron chi connectivity index (χ4n) is 3.62. The summed E-state index contributed by atoms with van der Waals surface area (Å²) in [6.45, 7) is 3.62. The molecule has 0 bridgehead atoms. The standard InChI is InChI=1S/C30H29Cl2N7/c1-2-39(28-17-9-24(10-18-28)30(34)36-20-22-5-13-26(32)14-6-22)38-37-27-15-7-23(8-16-27)29(33)35-19-21-3-11-25(31)12-4-21/h3-18H,2,19-20H2,1H3,(H2,33,35)(H2,34,36). The lowest BCUT2D eigenvalue weighted by molar-refractivity contribution is 0.835. The number of nitrogens with zero attached hydrogens (tertiary/aromatic N) is 5. The van der Waals surface area contributed by atoms with Gasteiger partial charge in [0, 0.05) is 27.7 Å². The molecular weight excluding hydrogens is 529 g/mol. The lowest BCUT2D eigenvalue weighted by Crippen LogP contribution is -2.16. The first kappa shape index (κ1) is 27.8. The highest BCUT2D eigenvalue weighted by Crippen LogP contribution is 2.20. The molecule has 4 rings (SSSR count). The van der Waals surface area contributed by atoms with Gasteiger partial charge in [-0.15, -0.1) is 5.11 Å². The van der Waals surface area contributed by atoms with Crippen molar-refractivity contribution in [3.8, 4) is 0 Å².